The Morgan fingerprint density at radius 3 is 1.85 bits per heavy atom. The Kier molecular flexibility index (Phi) is 7.49. The van der Waals surface area contributed by atoms with Crippen molar-refractivity contribution in [1.29, 1.82) is 0 Å². The van der Waals surface area contributed by atoms with Gasteiger partial charge < -0.3 is 21.7 Å². The molecule has 4 nitrogen and oxygen atoms in total. The normalized spacial score (nSPS) is 12.9. The molecule has 2 rings (SSSR count). The first kappa shape index (κ1) is 20.3. The summed E-state index contributed by atoms with van der Waals surface area (Å²) in [5.41, 5.74) is 14.1. The number of unbranched alkanes of at least 4 members (excludes halogenated alkanes) is 5. The maximum atomic E-state index is 11.0. The average molecular weight is 357 g/mol. The summed E-state index contributed by atoms with van der Waals surface area (Å²) in [6.45, 7) is 2.20. The molecular formula is C22H32N2O2. The molecule has 2 aromatic carbocycles. The Hall–Kier alpha value is -2.04. The number of aliphatic hydroxyl groups is 2. The van der Waals surface area contributed by atoms with Crippen LogP contribution in [0.25, 0.3) is 0 Å². The van der Waals surface area contributed by atoms with Gasteiger partial charge in [-0.15, -0.1) is 0 Å². The molecule has 0 radical (unpaired) electrons. The summed E-state index contributed by atoms with van der Waals surface area (Å²) in [7, 11) is 0. The molecule has 0 aliphatic heterocycles. The molecule has 26 heavy (non-hydrogen) atoms. The minimum absolute atomic E-state index is 0.419. The average Bonchev–Trinajstić information content (AvgIpc) is 2.62. The zero-order valence-corrected chi connectivity index (χ0v) is 15.7. The van der Waals surface area contributed by atoms with Gasteiger partial charge in [-0.1, -0.05) is 69.7 Å². The van der Waals surface area contributed by atoms with E-state index in [1.165, 1.54) is 25.7 Å². The molecule has 2 aromatic rings. The third-order valence-electron chi connectivity index (χ3n) is 5.01. The number of anilines is 2. The Labute approximate surface area is 156 Å². The topological polar surface area (TPSA) is 92.5 Å². The molecule has 1 unspecified atom stereocenters. The van der Waals surface area contributed by atoms with E-state index < -0.39 is 11.7 Å². The van der Waals surface area contributed by atoms with Crippen molar-refractivity contribution in [2.24, 2.45) is 0 Å². The van der Waals surface area contributed by atoms with Gasteiger partial charge in [0.2, 0.25) is 0 Å². The summed E-state index contributed by atoms with van der Waals surface area (Å²) in [5.74, 6) is -2.37. The number of hydrogen-bond donors (Lipinski definition) is 4. The number of benzene rings is 2. The summed E-state index contributed by atoms with van der Waals surface area (Å²) < 4.78 is 0. The van der Waals surface area contributed by atoms with Crippen molar-refractivity contribution < 1.29 is 10.2 Å². The molecule has 0 aromatic heterocycles. The van der Waals surface area contributed by atoms with Gasteiger partial charge in [0.1, 0.15) is 0 Å². The van der Waals surface area contributed by atoms with E-state index in [9.17, 15) is 10.2 Å². The molecule has 6 N–H and O–H groups in total. The van der Waals surface area contributed by atoms with Gasteiger partial charge in [0.05, 0.1) is 0 Å². The molecule has 0 bridgehead atoms. The number of rotatable bonds is 10. The van der Waals surface area contributed by atoms with E-state index in [2.05, 4.69) is 6.92 Å². The Morgan fingerprint density at radius 1 is 0.769 bits per heavy atom. The van der Waals surface area contributed by atoms with Crippen molar-refractivity contribution >= 4 is 11.4 Å². The van der Waals surface area contributed by atoms with E-state index in [1.807, 2.05) is 24.3 Å². The van der Waals surface area contributed by atoms with Crippen LogP contribution in [0.15, 0.2) is 48.5 Å². The maximum Gasteiger partial charge on any atom is 0.196 e. The van der Waals surface area contributed by atoms with Crippen LogP contribution in [0.5, 0.6) is 0 Å². The van der Waals surface area contributed by atoms with E-state index in [0.29, 0.717) is 23.4 Å². The van der Waals surface area contributed by atoms with Crippen LogP contribution in [-0.4, -0.2) is 10.2 Å². The summed E-state index contributed by atoms with van der Waals surface area (Å²) in [4.78, 5) is 0. The third kappa shape index (κ3) is 5.48. The second kappa shape index (κ2) is 9.60. The SMILES string of the molecule is CCCCCCCCC(c1ccc(N)cc1)C(O)(O)c1ccc(N)cc1. The van der Waals surface area contributed by atoms with Gasteiger partial charge in [-0.25, -0.2) is 0 Å². The van der Waals surface area contributed by atoms with Gasteiger partial charge in [0, 0.05) is 22.9 Å². The van der Waals surface area contributed by atoms with Crippen molar-refractivity contribution in [1.82, 2.24) is 0 Å². The van der Waals surface area contributed by atoms with Crippen molar-refractivity contribution in [2.45, 2.75) is 63.6 Å². The Morgan fingerprint density at radius 2 is 1.27 bits per heavy atom. The summed E-state index contributed by atoms with van der Waals surface area (Å²) in [6.07, 6.45) is 7.67. The molecule has 0 saturated carbocycles. The second-order valence-corrected chi connectivity index (χ2v) is 7.12. The first-order chi connectivity index (χ1) is 12.4. The Bertz CT molecular complexity index is 651. The van der Waals surface area contributed by atoms with E-state index in [4.69, 9.17) is 11.5 Å². The van der Waals surface area contributed by atoms with E-state index in [-0.39, 0.29) is 0 Å². The van der Waals surface area contributed by atoms with Crippen molar-refractivity contribution in [3.05, 3.63) is 59.7 Å². The first-order valence-corrected chi connectivity index (χ1v) is 9.61. The fourth-order valence-corrected chi connectivity index (χ4v) is 3.39. The van der Waals surface area contributed by atoms with Crippen LogP contribution in [0.3, 0.4) is 0 Å². The molecule has 1 atom stereocenters. The summed E-state index contributed by atoms with van der Waals surface area (Å²) in [6, 6.07) is 14.1. The lowest BCUT2D eigenvalue weighted by atomic mass is 9.82. The molecule has 0 aliphatic rings. The fraction of sp³-hybridized carbons (Fsp3) is 0.455. The number of nitrogen functional groups attached to an aromatic ring is 2. The molecule has 0 aliphatic carbocycles. The predicted octanol–water partition coefficient (Wildman–Crippen LogP) is 4.52. The third-order valence-corrected chi connectivity index (χ3v) is 5.01. The zero-order chi connectivity index (χ0) is 19.0. The van der Waals surface area contributed by atoms with Crippen LogP contribution in [0.2, 0.25) is 0 Å². The minimum atomic E-state index is -1.95. The van der Waals surface area contributed by atoms with Crippen LogP contribution >= 0.6 is 0 Å². The second-order valence-electron chi connectivity index (χ2n) is 7.12. The number of hydrogen-bond acceptors (Lipinski definition) is 4. The van der Waals surface area contributed by atoms with Gasteiger partial charge in [0.25, 0.3) is 0 Å². The van der Waals surface area contributed by atoms with E-state index in [0.717, 1.165) is 18.4 Å². The lowest BCUT2D eigenvalue weighted by Crippen LogP contribution is -2.33. The van der Waals surface area contributed by atoms with Gasteiger partial charge in [-0.3, -0.25) is 0 Å². The van der Waals surface area contributed by atoms with Crippen LogP contribution < -0.4 is 11.5 Å². The molecule has 0 fully saturated rings. The molecule has 0 spiro atoms. The predicted molar refractivity (Wildman–Crippen MR) is 109 cm³/mol. The van der Waals surface area contributed by atoms with Gasteiger partial charge in [-0.05, 0) is 36.2 Å². The fourth-order valence-electron chi connectivity index (χ4n) is 3.39. The van der Waals surface area contributed by atoms with Crippen molar-refractivity contribution in [3.8, 4) is 0 Å². The van der Waals surface area contributed by atoms with Crippen LogP contribution in [0.4, 0.5) is 11.4 Å². The first-order valence-electron chi connectivity index (χ1n) is 9.61. The summed E-state index contributed by atoms with van der Waals surface area (Å²) in [5, 5.41) is 22.0. The highest BCUT2D eigenvalue weighted by molar-refractivity contribution is 5.43. The smallest absolute Gasteiger partial charge is 0.196 e. The lowest BCUT2D eigenvalue weighted by molar-refractivity contribution is -0.190. The van der Waals surface area contributed by atoms with E-state index in [1.54, 1.807) is 24.3 Å². The van der Waals surface area contributed by atoms with Gasteiger partial charge in [0.15, 0.2) is 5.79 Å². The Balaban J connectivity index is 2.16. The molecule has 142 valence electrons. The van der Waals surface area contributed by atoms with Crippen LogP contribution in [0, 0.1) is 0 Å². The minimum Gasteiger partial charge on any atom is -0.399 e. The molecule has 4 heteroatoms. The highest BCUT2D eigenvalue weighted by Gasteiger charge is 2.37. The van der Waals surface area contributed by atoms with Crippen LogP contribution in [0.1, 0.15) is 68.9 Å². The highest BCUT2D eigenvalue weighted by atomic mass is 16.5. The van der Waals surface area contributed by atoms with E-state index >= 15 is 0 Å². The van der Waals surface area contributed by atoms with Crippen LogP contribution in [-0.2, 0) is 5.79 Å². The quantitative estimate of drug-likeness (QED) is 0.286. The maximum absolute atomic E-state index is 11.0. The standard InChI is InChI=1S/C22H32N2O2/c1-2-3-4-5-6-7-8-21(17-9-13-19(23)14-10-17)22(25,26)18-11-15-20(24)16-12-18/h9-16,21,25-26H,2-8,23-24H2,1H3. The van der Waals surface area contributed by atoms with Crippen molar-refractivity contribution in [2.75, 3.05) is 11.5 Å². The molecular weight excluding hydrogens is 324 g/mol. The molecule has 0 heterocycles. The lowest BCUT2D eigenvalue weighted by Gasteiger charge is -2.32. The molecule has 0 amide bonds. The summed E-state index contributed by atoms with van der Waals surface area (Å²) >= 11 is 0. The van der Waals surface area contributed by atoms with Gasteiger partial charge >= 0.3 is 0 Å². The molecule has 0 saturated heterocycles. The number of nitrogens with two attached hydrogens (primary N) is 2. The highest BCUT2D eigenvalue weighted by Crippen LogP contribution is 2.39. The monoisotopic (exact) mass is 356 g/mol. The largest absolute Gasteiger partial charge is 0.399 e. The van der Waals surface area contributed by atoms with Crippen molar-refractivity contribution in [3.63, 3.8) is 0 Å². The zero-order valence-electron chi connectivity index (χ0n) is 15.7. The van der Waals surface area contributed by atoms with Gasteiger partial charge in [-0.2, -0.15) is 0 Å².